The summed E-state index contributed by atoms with van der Waals surface area (Å²) in [7, 11) is 0. The molecule has 12 heavy (non-hydrogen) atoms. The second-order valence-electron chi connectivity index (χ2n) is 3.47. The second kappa shape index (κ2) is 4.26. The van der Waals surface area contributed by atoms with Gasteiger partial charge in [-0.1, -0.05) is 6.08 Å². The Balaban J connectivity index is 4.19. The number of hydrogen-bond donors (Lipinski definition) is 2. The highest BCUT2D eigenvalue weighted by Crippen LogP contribution is 2.02. The van der Waals surface area contributed by atoms with Crippen LogP contribution in [0.15, 0.2) is 11.6 Å². The zero-order valence-corrected chi connectivity index (χ0v) is 8.14. The van der Waals surface area contributed by atoms with E-state index in [0.717, 1.165) is 0 Å². The van der Waals surface area contributed by atoms with Crippen LogP contribution in [0, 0.1) is 0 Å². The Hall–Kier alpha value is -0.830. The first-order chi connectivity index (χ1) is 5.43. The number of nitrogens with one attached hydrogen (secondary N) is 1. The van der Waals surface area contributed by atoms with Crippen LogP contribution in [0.3, 0.4) is 0 Å². The maximum atomic E-state index is 11.3. The van der Waals surface area contributed by atoms with E-state index < -0.39 is 5.54 Å². The number of allylic oxidation sites excluding steroid dienone is 1. The standard InChI is InChI=1S/C9H17NO2/c1-5-7(2)8(12)10-9(3,4)6-11/h5,11H,6H2,1-4H3,(H,10,12)/b7-5+. The van der Waals surface area contributed by atoms with Crippen molar-refractivity contribution in [3.63, 3.8) is 0 Å². The van der Waals surface area contributed by atoms with Crippen molar-refractivity contribution in [1.82, 2.24) is 5.32 Å². The van der Waals surface area contributed by atoms with E-state index in [-0.39, 0.29) is 12.5 Å². The number of aliphatic hydroxyl groups excluding tert-OH is 1. The molecule has 0 radical (unpaired) electrons. The zero-order chi connectivity index (χ0) is 9.78. The van der Waals surface area contributed by atoms with Crippen LogP contribution < -0.4 is 5.32 Å². The van der Waals surface area contributed by atoms with Crippen molar-refractivity contribution in [2.75, 3.05) is 6.61 Å². The first kappa shape index (κ1) is 11.2. The van der Waals surface area contributed by atoms with Gasteiger partial charge >= 0.3 is 0 Å². The molecule has 0 unspecified atom stereocenters. The minimum atomic E-state index is -0.540. The van der Waals surface area contributed by atoms with Crippen molar-refractivity contribution < 1.29 is 9.90 Å². The number of aliphatic hydroxyl groups is 1. The van der Waals surface area contributed by atoms with Crippen LogP contribution in [0.25, 0.3) is 0 Å². The molecule has 0 saturated carbocycles. The Morgan fingerprint density at radius 3 is 2.42 bits per heavy atom. The van der Waals surface area contributed by atoms with E-state index in [0.29, 0.717) is 5.57 Å². The van der Waals surface area contributed by atoms with Gasteiger partial charge < -0.3 is 10.4 Å². The van der Waals surface area contributed by atoms with Gasteiger partial charge in [0.15, 0.2) is 0 Å². The number of hydrogen-bond acceptors (Lipinski definition) is 2. The third-order valence-corrected chi connectivity index (χ3v) is 1.64. The first-order valence-electron chi connectivity index (χ1n) is 3.99. The molecule has 70 valence electrons. The Labute approximate surface area is 73.5 Å². The van der Waals surface area contributed by atoms with Crippen LogP contribution in [0.4, 0.5) is 0 Å². The molecule has 3 heteroatoms. The molecule has 0 aliphatic rings. The molecule has 3 nitrogen and oxygen atoms in total. The lowest BCUT2D eigenvalue weighted by Gasteiger charge is -2.23. The van der Waals surface area contributed by atoms with Crippen molar-refractivity contribution in [3.8, 4) is 0 Å². The quantitative estimate of drug-likeness (QED) is 0.618. The molecule has 0 spiro atoms. The van der Waals surface area contributed by atoms with Crippen LogP contribution in [0.5, 0.6) is 0 Å². The molecule has 0 aliphatic carbocycles. The van der Waals surface area contributed by atoms with Gasteiger partial charge in [-0.05, 0) is 27.7 Å². The maximum absolute atomic E-state index is 11.3. The summed E-state index contributed by atoms with van der Waals surface area (Å²) in [6.07, 6.45) is 1.74. The molecule has 0 aromatic rings. The molecule has 0 atom stereocenters. The predicted octanol–water partition coefficient (Wildman–Crippen LogP) is 0.840. The van der Waals surface area contributed by atoms with Crippen molar-refractivity contribution in [2.24, 2.45) is 0 Å². The number of rotatable bonds is 3. The monoisotopic (exact) mass is 171 g/mol. The molecule has 1 amide bonds. The molecule has 0 aromatic heterocycles. The molecular weight excluding hydrogens is 154 g/mol. The smallest absolute Gasteiger partial charge is 0.247 e. The fourth-order valence-corrected chi connectivity index (χ4v) is 0.577. The van der Waals surface area contributed by atoms with E-state index in [4.69, 9.17) is 5.11 Å². The number of carbonyl (C=O) groups is 1. The normalized spacial score (nSPS) is 12.9. The van der Waals surface area contributed by atoms with Gasteiger partial charge in [0.25, 0.3) is 0 Å². The van der Waals surface area contributed by atoms with Gasteiger partial charge in [0.1, 0.15) is 0 Å². The van der Waals surface area contributed by atoms with Gasteiger partial charge in [-0.3, -0.25) is 4.79 Å². The Morgan fingerprint density at radius 2 is 2.08 bits per heavy atom. The third-order valence-electron chi connectivity index (χ3n) is 1.64. The summed E-state index contributed by atoms with van der Waals surface area (Å²) >= 11 is 0. The lowest BCUT2D eigenvalue weighted by Crippen LogP contribution is -2.46. The van der Waals surface area contributed by atoms with E-state index in [1.165, 1.54) is 0 Å². The van der Waals surface area contributed by atoms with E-state index in [9.17, 15) is 4.79 Å². The van der Waals surface area contributed by atoms with Crippen LogP contribution in [-0.2, 0) is 4.79 Å². The number of carbonyl (C=O) groups excluding carboxylic acids is 1. The maximum Gasteiger partial charge on any atom is 0.247 e. The summed E-state index contributed by atoms with van der Waals surface area (Å²) in [4.78, 5) is 11.3. The van der Waals surface area contributed by atoms with E-state index in [2.05, 4.69) is 5.32 Å². The van der Waals surface area contributed by atoms with Gasteiger partial charge in [0, 0.05) is 5.57 Å². The van der Waals surface area contributed by atoms with Crippen molar-refractivity contribution >= 4 is 5.91 Å². The average molecular weight is 171 g/mol. The van der Waals surface area contributed by atoms with Gasteiger partial charge in [0.2, 0.25) is 5.91 Å². The molecule has 0 aliphatic heterocycles. The lowest BCUT2D eigenvalue weighted by molar-refractivity contribution is -0.119. The topological polar surface area (TPSA) is 49.3 Å². The predicted molar refractivity (Wildman–Crippen MR) is 48.7 cm³/mol. The summed E-state index contributed by atoms with van der Waals surface area (Å²) in [5.74, 6) is -0.128. The first-order valence-corrected chi connectivity index (χ1v) is 3.99. The zero-order valence-electron chi connectivity index (χ0n) is 8.14. The number of amides is 1. The molecule has 0 saturated heterocycles. The molecule has 0 heterocycles. The summed E-state index contributed by atoms with van der Waals surface area (Å²) in [6, 6.07) is 0. The minimum Gasteiger partial charge on any atom is -0.394 e. The average Bonchev–Trinajstić information content (AvgIpc) is 2.02. The van der Waals surface area contributed by atoms with E-state index in [1.807, 2.05) is 0 Å². The van der Waals surface area contributed by atoms with Crippen LogP contribution in [-0.4, -0.2) is 23.2 Å². The second-order valence-corrected chi connectivity index (χ2v) is 3.47. The molecule has 0 aromatic carbocycles. The van der Waals surface area contributed by atoms with Crippen molar-refractivity contribution in [2.45, 2.75) is 33.2 Å². The summed E-state index contributed by atoms with van der Waals surface area (Å²) in [6.45, 7) is 7.03. The highest BCUT2D eigenvalue weighted by Gasteiger charge is 2.19. The SMILES string of the molecule is C/C=C(\C)C(=O)NC(C)(C)CO. The third kappa shape index (κ3) is 3.53. The van der Waals surface area contributed by atoms with E-state index >= 15 is 0 Å². The molecule has 0 fully saturated rings. The highest BCUT2D eigenvalue weighted by molar-refractivity contribution is 5.93. The van der Waals surface area contributed by atoms with Gasteiger partial charge in [-0.2, -0.15) is 0 Å². The van der Waals surface area contributed by atoms with Gasteiger partial charge in [0.05, 0.1) is 12.1 Å². The molecule has 2 N–H and O–H groups in total. The Kier molecular flexibility index (Phi) is 3.96. The summed E-state index contributed by atoms with van der Waals surface area (Å²) in [5, 5.41) is 11.6. The largest absolute Gasteiger partial charge is 0.394 e. The fraction of sp³-hybridized carbons (Fsp3) is 0.667. The lowest BCUT2D eigenvalue weighted by atomic mass is 10.1. The molecule has 0 rings (SSSR count). The Morgan fingerprint density at radius 1 is 1.58 bits per heavy atom. The van der Waals surface area contributed by atoms with Crippen LogP contribution in [0.1, 0.15) is 27.7 Å². The van der Waals surface area contributed by atoms with Crippen LogP contribution >= 0.6 is 0 Å². The Bertz CT molecular complexity index is 195. The van der Waals surface area contributed by atoms with Gasteiger partial charge in [-0.15, -0.1) is 0 Å². The van der Waals surface area contributed by atoms with Crippen molar-refractivity contribution in [1.29, 1.82) is 0 Å². The van der Waals surface area contributed by atoms with Crippen LogP contribution in [0.2, 0.25) is 0 Å². The fourth-order valence-electron chi connectivity index (χ4n) is 0.577. The van der Waals surface area contributed by atoms with Gasteiger partial charge in [-0.25, -0.2) is 0 Å². The summed E-state index contributed by atoms with van der Waals surface area (Å²) < 4.78 is 0. The minimum absolute atomic E-state index is 0.0598. The van der Waals surface area contributed by atoms with E-state index in [1.54, 1.807) is 33.8 Å². The summed E-state index contributed by atoms with van der Waals surface area (Å²) in [5.41, 5.74) is 0.123. The molecule has 0 bridgehead atoms. The van der Waals surface area contributed by atoms with Crippen molar-refractivity contribution in [3.05, 3.63) is 11.6 Å². The molecular formula is C9H17NO2. The highest BCUT2D eigenvalue weighted by atomic mass is 16.3.